The fourth-order valence-electron chi connectivity index (χ4n) is 2.98. The molecule has 0 spiro atoms. The van der Waals surface area contributed by atoms with Gasteiger partial charge in [0.1, 0.15) is 0 Å². The van der Waals surface area contributed by atoms with E-state index in [9.17, 15) is 4.79 Å². The second kappa shape index (κ2) is 6.53. The van der Waals surface area contributed by atoms with E-state index in [0.717, 1.165) is 51.9 Å². The summed E-state index contributed by atoms with van der Waals surface area (Å²) in [6, 6.07) is 0.0554. The largest absolute Gasteiger partial charge is 0.381 e. The van der Waals surface area contributed by atoms with Crippen molar-refractivity contribution in [2.45, 2.75) is 58.2 Å². The number of nitrogens with one attached hydrogen (secondary N) is 1. The van der Waals surface area contributed by atoms with Crippen molar-refractivity contribution >= 4 is 5.91 Å². The first-order valence-electron chi connectivity index (χ1n) is 7.40. The molecule has 1 N–H and O–H groups in total. The van der Waals surface area contributed by atoms with Gasteiger partial charge in [0.05, 0.1) is 12.2 Å². The molecular weight excluding hydrogens is 228 g/mol. The van der Waals surface area contributed by atoms with E-state index in [-0.39, 0.29) is 12.2 Å². The molecule has 2 saturated heterocycles. The van der Waals surface area contributed by atoms with Gasteiger partial charge in [0.25, 0.3) is 0 Å². The monoisotopic (exact) mass is 254 g/mol. The summed E-state index contributed by atoms with van der Waals surface area (Å²) in [4.78, 5) is 14.4. The van der Waals surface area contributed by atoms with E-state index in [1.54, 1.807) is 0 Å². The Kier molecular flexibility index (Phi) is 5.01. The van der Waals surface area contributed by atoms with E-state index in [2.05, 4.69) is 24.1 Å². The zero-order chi connectivity index (χ0) is 13.0. The average molecular weight is 254 g/mol. The average Bonchev–Trinajstić information content (AvgIpc) is 2.97. The second-order valence-electron chi connectivity index (χ2n) is 5.48. The minimum atomic E-state index is 0.0554. The Hall–Kier alpha value is -0.610. The quantitative estimate of drug-likeness (QED) is 0.785. The van der Waals surface area contributed by atoms with Crippen LogP contribution in [0, 0.1) is 5.92 Å². The van der Waals surface area contributed by atoms with E-state index < -0.39 is 0 Å². The van der Waals surface area contributed by atoms with Crippen molar-refractivity contribution in [1.29, 1.82) is 0 Å². The van der Waals surface area contributed by atoms with Gasteiger partial charge in [-0.15, -0.1) is 0 Å². The third-order valence-corrected chi connectivity index (χ3v) is 4.12. The summed E-state index contributed by atoms with van der Waals surface area (Å²) in [5.74, 6) is 0.961. The molecule has 4 nitrogen and oxygen atoms in total. The maximum Gasteiger partial charge on any atom is 0.241 e. The summed E-state index contributed by atoms with van der Waals surface area (Å²) < 4.78 is 5.39. The van der Waals surface area contributed by atoms with Gasteiger partial charge in [0.2, 0.25) is 5.91 Å². The molecule has 0 bridgehead atoms. The molecule has 0 aromatic heterocycles. The van der Waals surface area contributed by atoms with Crippen LogP contribution >= 0.6 is 0 Å². The van der Waals surface area contributed by atoms with Crippen molar-refractivity contribution in [1.82, 2.24) is 10.2 Å². The maximum atomic E-state index is 12.3. The summed E-state index contributed by atoms with van der Waals surface area (Å²) >= 11 is 0. The molecule has 2 aliphatic heterocycles. The number of carbonyl (C=O) groups excluding carboxylic acids is 1. The lowest BCUT2D eigenvalue weighted by molar-refractivity contribution is -0.130. The Morgan fingerprint density at radius 2 is 2.22 bits per heavy atom. The Labute approximate surface area is 110 Å². The van der Waals surface area contributed by atoms with Crippen molar-refractivity contribution in [2.75, 3.05) is 19.8 Å². The van der Waals surface area contributed by atoms with E-state index in [1.807, 2.05) is 0 Å². The lowest BCUT2D eigenvalue weighted by atomic mass is 10.0. The van der Waals surface area contributed by atoms with Crippen molar-refractivity contribution in [3.05, 3.63) is 0 Å². The van der Waals surface area contributed by atoms with Gasteiger partial charge in [0, 0.05) is 19.8 Å². The number of carbonyl (C=O) groups is 1. The molecule has 0 radical (unpaired) electrons. The predicted octanol–water partition coefficient (Wildman–Crippen LogP) is 1.75. The van der Waals surface area contributed by atoms with Crippen LogP contribution in [0.5, 0.6) is 0 Å². The first kappa shape index (κ1) is 13.8. The standard InChI is InChI=1S/C14H26N2O2/c1-3-5-12-14(17)16(13(4-2)15-12)8-6-11-7-9-18-10-11/h11-13,15H,3-10H2,1-2H3. The summed E-state index contributed by atoms with van der Waals surface area (Å²) in [5.41, 5.74) is 0. The SMILES string of the molecule is CCCC1NC(CC)N(CCC2CCOC2)C1=O. The highest BCUT2D eigenvalue weighted by Gasteiger charge is 2.37. The molecular formula is C14H26N2O2. The van der Waals surface area contributed by atoms with E-state index in [4.69, 9.17) is 4.74 Å². The van der Waals surface area contributed by atoms with E-state index in [1.165, 1.54) is 0 Å². The van der Waals surface area contributed by atoms with E-state index >= 15 is 0 Å². The van der Waals surface area contributed by atoms with Gasteiger partial charge >= 0.3 is 0 Å². The van der Waals surface area contributed by atoms with Crippen molar-refractivity contribution in [3.63, 3.8) is 0 Å². The molecule has 2 aliphatic rings. The minimum Gasteiger partial charge on any atom is -0.381 e. The first-order valence-corrected chi connectivity index (χ1v) is 7.40. The summed E-state index contributed by atoms with van der Waals surface area (Å²) in [6.07, 6.45) is 5.50. The molecule has 3 unspecified atom stereocenters. The molecule has 2 fully saturated rings. The third kappa shape index (κ3) is 3.04. The topological polar surface area (TPSA) is 41.6 Å². The zero-order valence-electron chi connectivity index (χ0n) is 11.7. The molecule has 0 saturated carbocycles. The fraction of sp³-hybridized carbons (Fsp3) is 0.929. The Morgan fingerprint density at radius 1 is 1.39 bits per heavy atom. The van der Waals surface area contributed by atoms with Gasteiger partial charge in [-0.05, 0) is 31.6 Å². The molecule has 3 atom stereocenters. The van der Waals surface area contributed by atoms with Crippen LogP contribution in [-0.4, -0.2) is 42.8 Å². The molecule has 4 heteroatoms. The third-order valence-electron chi connectivity index (χ3n) is 4.12. The van der Waals surface area contributed by atoms with Crippen LogP contribution in [-0.2, 0) is 9.53 Å². The van der Waals surface area contributed by atoms with Crippen molar-refractivity contribution < 1.29 is 9.53 Å². The molecule has 2 rings (SSSR count). The lowest BCUT2D eigenvalue weighted by Crippen LogP contribution is -2.38. The predicted molar refractivity (Wildman–Crippen MR) is 71.2 cm³/mol. The molecule has 1 amide bonds. The minimum absolute atomic E-state index is 0.0554. The second-order valence-corrected chi connectivity index (χ2v) is 5.48. The Bertz CT molecular complexity index is 277. The lowest BCUT2D eigenvalue weighted by Gasteiger charge is -2.24. The van der Waals surface area contributed by atoms with Gasteiger partial charge in [-0.25, -0.2) is 0 Å². The summed E-state index contributed by atoms with van der Waals surface area (Å²) in [5, 5.41) is 3.46. The first-order chi connectivity index (χ1) is 8.76. The van der Waals surface area contributed by atoms with Gasteiger partial charge in [-0.1, -0.05) is 20.3 Å². The smallest absolute Gasteiger partial charge is 0.241 e. The van der Waals surface area contributed by atoms with Crippen LogP contribution in [0.25, 0.3) is 0 Å². The van der Waals surface area contributed by atoms with Gasteiger partial charge in [0.15, 0.2) is 0 Å². The number of hydrogen-bond donors (Lipinski definition) is 1. The summed E-state index contributed by atoms with van der Waals surface area (Å²) in [7, 11) is 0. The number of nitrogens with zero attached hydrogens (tertiary/aromatic N) is 1. The number of rotatable bonds is 6. The maximum absolute atomic E-state index is 12.3. The van der Waals surface area contributed by atoms with Crippen LogP contribution in [0.2, 0.25) is 0 Å². The molecule has 104 valence electrons. The highest BCUT2D eigenvalue weighted by Crippen LogP contribution is 2.21. The molecule has 0 aliphatic carbocycles. The normalized spacial score (nSPS) is 32.4. The molecule has 2 heterocycles. The Balaban J connectivity index is 1.86. The van der Waals surface area contributed by atoms with Crippen LogP contribution in [0.15, 0.2) is 0 Å². The number of ether oxygens (including phenoxy) is 1. The van der Waals surface area contributed by atoms with Crippen LogP contribution in [0.1, 0.15) is 46.0 Å². The number of amides is 1. The van der Waals surface area contributed by atoms with E-state index in [0.29, 0.717) is 11.8 Å². The molecule has 0 aromatic rings. The van der Waals surface area contributed by atoms with Gasteiger partial charge in [-0.2, -0.15) is 0 Å². The molecule has 18 heavy (non-hydrogen) atoms. The van der Waals surface area contributed by atoms with Crippen LogP contribution in [0.3, 0.4) is 0 Å². The summed E-state index contributed by atoms with van der Waals surface area (Å²) in [6.45, 7) is 6.94. The van der Waals surface area contributed by atoms with Crippen molar-refractivity contribution in [2.24, 2.45) is 5.92 Å². The van der Waals surface area contributed by atoms with Crippen molar-refractivity contribution in [3.8, 4) is 0 Å². The highest BCUT2D eigenvalue weighted by molar-refractivity contribution is 5.84. The molecule has 0 aromatic carbocycles. The number of hydrogen-bond acceptors (Lipinski definition) is 3. The highest BCUT2D eigenvalue weighted by atomic mass is 16.5. The zero-order valence-corrected chi connectivity index (χ0v) is 11.7. The van der Waals surface area contributed by atoms with Crippen LogP contribution < -0.4 is 5.32 Å². The van der Waals surface area contributed by atoms with Gasteiger partial charge in [-0.3, -0.25) is 10.1 Å². The Morgan fingerprint density at radius 3 is 2.83 bits per heavy atom. The van der Waals surface area contributed by atoms with Crippen LogP contribution in [0.4, 0.5) is 0 Å². The fourth-order valence-corrected chi connectivity index (χ4v) is 2.98. The van der Waals surface area contributed by atoms with Gasteiger partial charge < -0.3 is 9.64 Å².